The fourth-order valence-corrected chi connectivity index (χ4v) is 4.54. The van der Waals surface area contributed by atoms with E-state index in [9.17, 15) is 14.4 Å². The summed E-state index contributed by atoms with van der Waals surface area (Å²) in [4.78, 5) is 43.1. The molecule has 0 saturated heterocycles. The van der Waals surface area contributed by atoms with Gasteiger partial charge in [-0.25, -0.2) is 0 Å². The molecule has 1 atom stereocenters. The number of carbonyl (C=O) groups is 3. The minimum atomic E-state index is -0.615. The molecule has 0 aliphatic carbocycles. The zero-order valence-electron chi connectivity index (χ0n) is 20.0. The van der Waals surface area contributed by atoms with Crippen LogP contribution < -0.4 is 10.2 Å². The number of anilines is 1. The molecule has 3 amide bonds. The molecule has 3 aromatic rings. The fraction of sp³-hybridized carbons (Fsp3) is 0.321. The molecule has 0 fully saturated rings. The van der Waals surface area contributed by atoms with Crippen molar-refractivity contribution in [1.82, 2.24) is 10.2 Å². The van der Waals surface area contributed by atoms with Crippen LogP contribution in [0.5, 0.6) is 0 Å². The largest absolute Gasteiger partial charge is 0.354 e. The van der Waals surface area contributed by atoms with E-state index < -0.39 is 6.04 Å². The number of benzene rings is 3. The second-order valence-electron chi connectivity index (χ2n) is 8.79. The molecule has 0 unspecified atom stereocenters. The molecular formula is C28H31N3O3. The predicted octanol–water partition coefficient (Wildman–Crippen LogP) is 4.44. The Morgan fingerprint density at radius 3 is 2.38 bits per heavy atom. The first kappa shape index (κ1) is 23.5. The third-order valence-electron chi connectivity index (χ3n) is 6.35. The zero-order valence-corrected chi connectivity index (χ0v) is 20.0. The van der Waals surface area contributed by atoms with Crippen molar-refractivity contribution in [3.8, 4) is 0 Å². The molecule has 1 heterocycles. The molecule has 4 rings (SSSR count). The van der Waals surface area contributed by atoms with Crippen LogP contribution in [0.4, 0.5) is 5.69 Å². The Morgan fingerprint density at radius 1 is 1.00 bits per heavy atom. The van der Waals surface area contributed by atoms with Gasteiger partial charge in [-0.05, 0) is 42.8 Å². The number of nitrogens with zero attached hydrogens (tertiary/aromatic N) is 2. The standard InChI is InChI=1S/C28H31N3O3/c1-4-16-29-27(33)23(5-2)30(17-20-14-12-19(3)13-15-20)25(32)18-31-24-11-7-9-21-8-6-10-22(26(21)24)28(31)34/h6-15,23H,4-5,16-18H2,1-3H3,(H,29,33)/t23-/m1/s1. The Labute approximate surface area is 200 Å². The molecule has 0 bridgehead atoms. The predicted molar refractivity (Wildman–Crippen MR) is 135 cm³/mol. The third-order valence-corrected chi connectivity index (χ3v) is 6.35. The summed E-state index contributed by atoms with van der Waals surface area (Å²) in [7, 11) is 0. The lowest BCUT2D eigenvalue weighted by Crippen LogP contribution is -2.52. The fourth-order valence-electron chi connectivity index (χ4n) is 4.54. The maximum Gasteiger partial charge on any atom is 0.259 e. The second-order valence-corrected chi connectivity index (χ2v) is 8.79. The number of aryl methyl sites for hydroxylation is 1. The van der Waals surface area contributed by atoms with Crippen molar-refractivity contribution in [3.63, 3.8) is 0 Å². The first-order valence-corrected chi connectivity index (χ1v) is 11.9. The average Bonchev–Trinajstić information content (AvgIpc) is 3.11. The first-order valence-electron chi connectivity index (χ1n) is 11.9. The van der Waals surface area contributed by atoms with Crippen molar-refractivity contribution in [2.75, 3.05) is 18.0 Å². The average molecular weight is 458 g/mol. The summed E-state index contributed by atoms with van der Waals surface area (Å²) in [6, 6.07) is 18.7. The monoisotopic (exact) mass is 457 g/mol. The van der Waals surface area contributed by atoms with Crippen molar-refractivity contribution in [2.24, 2.45) is 0 Å². The van der Waals surface area contributed by atoms with Gasteiger partial charge in [-0.2, -0.15) is 0 Å². The van der Waals surface area contributed by atoms with Crippen LogP contribution in [0.1, 0.15) is 48.2 Å². The second kappa shape index (κ2) is 10.1. The maximum atomic E-state index is 13.7. The lowest BCUT2D eigenvalue weighted by Gasteiger charge is -2.32. The highest BCUT2D eigenvalue weighted by Crippen LogP contribution is 2.37. The van der Waals surface area contributed by atoms with Crippen LogP contribution in [0.3, 0.4) is 0 Å². The normalized spacial score (nSPS) is 13.3. The van der Waals surface area contributed by atoms with Gasteiger partial charge in [-0.3, -0.25) is 19.3 Å². The Morgan fingerprint density at radius 2 is 1.71 bits per heavy atom. The van der Waals surface area contributed by atoms with Crippen LogP contribution in [-0.2, 0) is 16.1 Å². The summed E-state index contributed by atoms with van der Waals surface area (Å²) in [5, 5.41) is 4.78. The molecule has 1 aliphatic heterocycles. The minimum Gasteiger partial charge on any atom is -0.354 e. The van der Waals surface area contributed by atoms with E-state index >= 15 is 0 Å². The van der Waals surface area contributed by atoms with Crippen molar-refractivity contribution in [1.29, 1.82) is 0 Å². The molecule has 1 N–H and O–H groups in total. The SMILES string of the molecule is CCCNC(=O)[C@@H](CC)N(Cc1ccc(C)cc1)C(=O)CN1C(=O)c2cccc3cccc1c23. The molecule has 3 aromatic carbocycles. The van der Waals surface area contributed by atoms with Crippen LogP contribution in [0, 0.1) is 6.92 Å². The molecule has 34 heavy (non-hydrogen) atoms. The van der Waals surface area contributed by atoms with Gasteiger partial charge in [0.25, 0.3) is 5.91 Å². The summed E-state index contributed by atoms with van der Waals surface area (Å²) in [5.41, 5.74) is 3.42. The smallest absolute Gasteiger partial charge is 0.259 e. The van der Waals surface area contributed by atoms with Gasteiger partial charge in [-0.1, -0.05) is 67.9 Å². The number of carbonyl (C=O) groups excluding carboxylic acids is 3. The van der Waals surface area contributed by atoms with Gasteiger partial charge in [0, 0.05) is 24.0 Å². The van der Waals surface area contributed by atoms with Crippen molar-refractivity contribution in [2.45, 2.75) is 46.2 Å². The van der Waals surface area contributed by atoms with E-state index in [1.165, 1.54) is 0 Å². The molecular weight excluding hydrogens is 426 g/mol. The zero-order chi connectivity index (χ0) is 24.2. The van der Waals surface area contributed by atoms with E-state index in [-0.39, 0.29) is 24.3 Å². The minimum absolute atomic E-state index is 0.115. The lowest BCUT2D eigenvalue weighted by atomic mass is 10.1. The third kappa shape index (κ3) is 4.53. The Hall–Kier alpha value is -3.67. The lowest BCUT2D eigenvalue weighted by molar-refractivity contribution is -0.140. The van der Waals surface area contributed by atoms with Crippen molar-refractivity contribution < 1.29 is 14.4 Å². The number of hydrogen-bond acceptors (Lipinski definition) is 3. The van der Waals surface area contributed by atoms with Gasteiger partial charge < -0.3 is 10.2 Å². The van der Waals surface area contributed by atoms with E-state index in [1.807, 2.05) is 75.4 Å². The van der Waals surface area contributed by atoms with E-state index in [2.05, 4.69) is 5.32 Å². The molecule has 0 radical (unpaired) electrons. The highest BCUT2D eigenvalue weighted by Gasteiger charge is 2.35. The highest BCUT2D eigenvalue weighted by molar-refractivity contribution is 6.26. The molecule has 1 aliphatic rings. The van der Waals surface area contributed by atoms with Crippen LogP contribution in [0.15, 0.2) is 60.7 Å². The summed E-state index contributed by atoms with van der Waals surface area (Å²) in [6.45, 7) is 6.66. The molecule has 6 nitrogen and oxygen atoms in total. The first-order chi connectivity index (χ1) is 16.4. The van der Waals surface area contributed by atoms with E-state index in [0.29, 0.717) is 25.1 Å². The number of rotatable bonds is 9. The van der Waals surface area contributed by atoms with Gasteiger partial charge in [0.2, 0.25) is 11.8 Å². The van der Waals surface area contributed by atoms with Gasteiger partial charge in [-0.15, -0.1) is 0 Å². The molecule has 6 heteroatoms. The summed E-state index contributed by atoms with van der Waals surface area (Å²) in [6.07, 6.45) is 1.30. The number of nitrogens with one attached hydrogen (secondary N) is 1. The van der Waals surface area contributed by atoms with Crippen LogP contribution in [0.2, 0.25) is 0 Å². The highest BCUT2D eigenvalue weighted by atomic mass is 16.2. The van der Waals surface area contributed by atoms with E-state index in [0.717, 1.165) is 34.0 Å². The summed E-state index contributed by atoms with van der Waals surface area (Å²) in [5.74, 6) is -0.598. The van der Waals surface area contributed by atoms with Crippen LogP contribution in [-0.4, -0.2) is 41.8 Å². The Kier molecular flexibility index (Phi) is 6.96. The number of amides is 3. The quantitative estimate of drug-likeness (QED) is 0.516. The maximum absolute atomic E-state index is 13.7. The van der Waals surface area contributed by atoms with Crippen LogP contribution >= 0.6 is 0 Å². The molecule has 0 spiro atoms. The number of hydrogen-bond donors (Lipinski definition) is 1. The van der Waals surface area contributed by atoms with Crippen LogP contribution in [0.25, 0.3) is 10.8 Å². The van der Waals surface area contributed by atoms with E-state index in [1.54, 1.807) is 15.9 Å². The van der Waals surface area contributed by atoms with Crippen molar-refractivity contribution >= 4 is 34.2 Å². The Balaban J connectivity index is 1.64. The molecule has 0 saturated carbocycles. The van der Waals surface area contributed by atoms with E-state index in [4.69, 9.17) is 0 Å². The topological polar surface area (TPSA) is 69.7 Å². The van der Waals surface area contributed by atoms with Gasteiger partial charge >= 0.3 is 0 Å². The van der Waals surface area contributed by atoms with Crippen molar-refractivity contribution in [3.05, 3.63) is 77.4 Å². The van der Waals surface area contributed by atoms with Gasteiger partial charge in [0.05, 0.1) is 5.69 Å². The summed E-state index contributed by atoms with van der Waals surface area (Å²) >= 11 is 0. The van der Waals surface area contributed by atoms with Gasteiger partial charge in [0.15, 0.2) is 0 Å². The molecule has 176 valence electrons. The van der Waals surface area contributed by atoms with Gasteiger partial charge in [0.1, 0.15) is 12.6 Å². The molecule has 0 aromatic heterocycles. The Bertz CT molecular complexity index is 1210. The summed E-state index contributed by atoms with van der Waals surface area (Å²) < 4.78 is 0.